The molecule has 1 rings (SSSR count). The number of nitrogens with one attached hydrogen (secondary N) is 1. The third kappa shape index (κ3) is 3.08. The maximum Gasteiger partial charge on any atom is 0.328 e. The summed E-state index contributed by atoms with van der Waals surface area (Å²) >= 11 is 0. The molecule has 0 aliphatic heterocycles. The van der Waals surface area contributed by atoms with Gasteiger partial charge in [-0.05, 0) is 25.7 Å². The van der Waals surface area contributed by atoms with E-state index in [-0.39, 0.29) is 22.7 Å². The van der Waals surface area contributed by atoms with Crippen molar-refractivity contribution in [2.24, 2.45) is 5.41 Å². The summed E-state index contributed by atoms with van der Waals surface area (Å²) in [6, 6.07) is 1.41. The molecule has 1 heterocycles. The quantitative estimate of drug-likeness (QED) is 0.831. The molecule has 0 unspecified atom stereocenters. The second kappa shape index (κ2) is 4.28. The van der Waals surface area contributed by atoms with Crippen molar-refractivity contribution in [1.29, 1.82) is 0 Å². The predicted molar refractivity (Wildman–Crippen MR) is 64.9 cm³/mol. The highest BCUT2D eigenvalue weighted by molar-refractivity contribution is 5.02. The van der Waals surface area contributed by atoms with Gasteiger partial charge in [-0.1, -0.05) is 20.8 Å². The number of rotatable bonds is 2. The average Bonchev–Trinajstić information content (AvgIpc) is 1.96. The molecule has 0 aliphatic rings. The van der Waals surface area contributed by atoms with E-state index in [0.29, 0.717) is 12.1 Å². The van der Waals surface area contributed by atoms with Crippen molar-refractivity contribution in [3.63, 3.8) is 0 Å². The zero-order chi connectivity index (χ0) is 12.5. The van der Waals surface area contributed by atoms with Gasteiger partial charge in [-0.25, -0.2) is 4.79 Å². The summed E-state index contributed by atoms with van der Waals surface area (Å²) in [5.41, 5.74) is 0.221. The van der Waals surface area contributed by atoms with Crippen molar-refractivity contribution < 1.29 is 0 Å². The summed E-state index contributed by atoms with van der Waals surface area (Å²) in [5, 5.41) is 0. The van der Waals surface area contributed by atoms with Crippen molar-refractivity contribution in [3.05, 3.63) is 32.6 Å². The Balaban J connectivity index is 3.21. The Morgan fingerprint density at radius 2 is 1.88 bits per heavy atom. The number of hydrogen-bond donors (Lipinski definition) is 1. The van der Waals surface area contributed by atoms with E-state index in [1.54, 1.807) is 0 Å². The number of aromatic amines is 1. The van der Waals surface area contributed by atoms with Gasteiger partial charge in [0.15, 0.2) is 0 Å². The van der Waals surface area contributed by atoms with Gasteiger partial charge in [0.25, 0.3) is 5.56 Å². The van der Waals surface area contributed by atoms with Crippen LogP contribution in [0.5, 0.6) is 0 Å². The second-order valence-electron chi connectivity index (χ2n) is 5.64. The Bertz CT molecular complexity index is 444. The van der Waals surface area contributed by atoms with Crippen molar-refractivity contribution in [2.45, 2.75) is 47.1 Å². The first-order chi connectivity index (χ1) is 7.20. The fourth-order valence-electron chi connectivity index (χ4n) is 1.71. The minimum absolute atomic E-state index is 0.0550. The summed E-state index contributed by atoms with van der Waals surface area (Å²) in [6.45, 7) is 9.85. The van der Waals surface area contributed by atoms with Crippen molar-refractivity contribution in [2.75, 3.05) is 0 Å². The summed E-state index contributed by atoms with van der Waals surface area (Å²) in [4.78, 5) is 26.2. The van der Waals surface area contributed by atoms with E-state index in [9.17, 15) is 9.59 Å². The van der Waals surface area contributed by atoms with Crippen LogP contribution in [-0.4, -0.2) is 9.55 Å². The fraction of sp³-hybridized carbons (Fsp3) is 0.667. The number of nitrogens with zero attached hydrogens (tertiary/aromatic N) is 1. The summed E-state index contributed by atoms with van der Waals surface area (Å²) in [5.74, 6) is 0. The van der Waals surface area contributed by atoms with Gasteiger partial charge in [0.2, 0.25) is 0 Å². The van der Waals surface area contributed by atoms with Gasteiger partial charge in [-0.2, -0.15) is 0 Å². The van der Waals surface area contributed by atoms with Crippen LogP contribution in [0.1, 0.15) is 46.4 Å². The third-order valence-electron chi connectivity index (χ3n) is 2.26. The first kappa shape index (κ1) is 12.7. The molecule has 0 aliphatic carbocycles. The van der Waals surface area contributed by atoms with Crippen LogP contribution in [-0.2, 0) is 6.42 Å². The SMILES string of the molecule is CC(C)n1c(=O)cc(CC(C)(C)C)[nH]c1=O. The lowest BCUT2D eigenvalue weighted by atomic mass is 9.90. The predicted octanol–water partition coefficient (Wildman–Crippen LogP) is 1.71. The zero-order valence-corrected chi connectivity index (χ0v) is 10.6. The highest BCUT2D eigenvalue weighted by atomic mass is 16.2. The lowest BCUT2D eigenvalue weighted by Crippen LogP contribution is -2.37. The molecule has 0 radical (unpaired) electrons. The molecule has 4 heteroatoms. The van der Waals surface area contributed by atoms with E-state index >= 15 is 0 Å². The van der Waals surface area contributed by atoms with E-state index < -0.39 is 0 Å². The maximum atomic E-state index is 11.7. The van der Waals surface area contributed by atoms with Gasteiger partial charge in [0.05, 0.1) is 0 Å². The van der Waals surface area contributed by atoms with Crippen LogP contribution in [0.2, 0.25) is 0 Å². The highest BCUT2D eigenvalue weighted by Gasteiger charge is 2.14. The second-order valence-corrected chi connectivity index (χ2v) is 5.64. The van der Waals surface area contributed by atoms with Gasteiger partial charge in [-0.15, -0.1) is 0 Å². The molecule has 0 amide bonds. The monoisotopic (exact) mass is 224 g/mol. The fourth-order valence-corrected chi connectivity index (χ4v) is 1.71. The van der Waals surface area contributed by atoms with E-state index in [1.165, 1.54) is 10.6 Å². The number of hydrogen-bond acceptors (Lipinski definition) is 2. The number of aromatic nitrogens is 2. The van der Waals surface area contributed by atoms with E-state index in [2.05, 4.69) is 25.8 Å². The Hall–Kier alpha value is -1.32. The first-order valence-corrected chi connectivity index (χ1v) is 5.55. The molecule has 1 N–H and O–H groups in total. The average molecular weight is 224 g/mol. The molecule has 1 aromatic heterocycles. The van der Waals surface area contributed by atoms with E-state index in [1.807, 2.05) is 13.8 Å². The molecule has 0 aromatic carbocycles. The standard InChI is InChI=1S/C12H20N2O2/c1-8(2)14-10(15)6-9(13-11(14)16)7-12(3,4)5/h6,8H,7H2,1-5H3,(H,13,16). The largest absolute Gasteiger partial charge is 0.328 e. The molecule has 16 heavy (non-hydrogen) atoms. The van der Waals surface area contributed by atoms with Crippen LogP contribution in [0.4, 0.5) is 0 Å². The number of H-pyrrole nitrogens is 1. The molecule has 0 saturated heterocycles. The lowest BCUT2D eigenvalue weighted by molar-refractivity contribution is 0.403. The Kier molecular flexibility index (Phi) is 3.41. The van der Waals surface area contributed by atoms with Crippen LogP contribution < -0.4 is 11.2 Å². The molecule has 90 valence electrons. The van der Waals surface area contributed by atoms with E-state index in [0.717, 1.165) is 0 Å². The van der Waals surface area contributed by atoms with Gasteiger partial charge < -0.3 is 4.98 Å². The summed E-state index contributed by atoms with van der Waals surface area (Å²) in [7, 11) is 0. The molecule has 1 aromatic rings. The zero-order valence-electron chi connectivity index (χ0n) is 10.6. The van der Waals surface area contributed by atoms with Gasteiger partial charge >= 0.3 is 5.69 Å². The van der Waals surface area contributed by atoms with Gasteiger partial charge in [-0.3, -0.25) is 9.36 Å². The Morgan fingerprint density at radius 1 is 1.31 bits per heavy atom. The maximum absolute atomic E-state index is 11.7. The van der Waals surface area contributed by atoms with Crippen LogP contribution >= 0.6 is 0 Å². The third-order valence-corrected chi connectivity index (χ3v) is 2.26. The molecule has 0 fully saturated rings. The van der Waals surface area contributed by atoms with Gasteiger partial charge in [0, 0.05) is 17.8 Å². The minimum atomic E-state index is -0.318. The first-order valence-electron chi connectivity index (χ1n) is 5.55. The van der Waals surface area contributed by atoms with Gasteiger partial charge in [0.1, 0.15) is 0 Å². The Labute approximate surface area is 95.3 Å². The van der Waals surface area contributed by atoms with Crippen LogP contribution in [0.3, 0.4) is 0 Å². The van der Waals surface area contributed by atoms with Crippen LogP contribution in [0, 0.1) is 5.41 Å². The van der Waals surface area contributed by atoms with Crippen LogP contribution in [0.25, 0.3) is 0 Å². The molecule has 0 atom stereocenters. The van der Waals surface area contributed by atoms with E-state index in [4.69, 9.17) is 0 Å². The lowest BCUT2D eigenvalue weighted by Gasteiger charge is -2.18. The van der Waals surface area contributed by atoms with Crippen molar-refractivity contribution >= 4 is 0 Å². The van der Waals surface area contributed by atoms with Crippen molar-refractivity contribution in [1.82, 2.24) is 9.55 Å². The smallest absolute Gasteiger partial charge is 0.311 e. The topological polar surface area (TPSA) is 54.9 Å². The van der Waals surface area contributed by atoms with Crippen molar-refractivity contribution in [3.8, 4) is 0 Å². The normalized spacial score (nSPS) is 12.1. The summed E-state index contributed by atoms with van der Waals surface area (Å²) in [6.07, 6.45) is 0.691. The van der Waals surface area contributed by atoms with Crippen LogP contribution in [0.15, 0.2) is 15.7 Å². The molecule has 0 spiro atoms. The molecular weight excluding hydrogens is 204 g/mol. The molecule has 0 bridgehead atoms. The molecule has 0 saturated carbocycles. The highest BCUT2D eigenvalue weighted by Crippen LogP contribution is 2.17. The summed E-state index contributed by atoms with van der Waals surface area (Å²) < 4.78 is 1.23. The minimum Gasteiger partial charge on any atom is -0.311 e. The Morgan fingerprint density at radius 3 is 2.25 bits per heavy atom. The molecular formula is C12H20N2O2. The molecule has 4 nitrogen and oxygen atoms in total.